The van der Waals surface area contributed by atoms with E-state index in [2.05, 4.69) is 52.6 Å². The minimum absolute atomic E-state index is 0.0123. The molecule has 5 aliphatic carbocycles. The maximum atomic E-state index is 11.0. The molecule has 5 heteroatoms. The van der Waals surface area contributed by atoms with Crippen molar-refractivity contribution in [3.05, 3.63) is 30.4 Å². The Kier molecular flexibility index (Phi) is 6.32. The number of allylic oxidation sites excluding steroid dienone is 2. The third-order valence-electron chi connectivity index (χ3n) is 13.2. The van der Waals surface area contributed by atoms with Gasteiger partial charge >= 0.3 is 0 Å². The fourth-order valence-corrected chi connectivity index (χ4v) is 11.1. The van der Waals surface area contributed by atoms with Crippen LogP contribution in [-0.2, 0) is 4.74 Å². The van der Waals surface area contributed by atoms with E-state index < -0.39 is 0 Å². The Morgan fingerprint density at radius 2 is 1.74 bits per heavy atom. The van der Waals surface area contributed by atoms with E-state index in [9.17, 15) is 5.11 Å². The molecule has 4 nitrogen and oxygen atoms in total. The normalized spacial score (nSPS) is 45.0. The Labute approximate surface area is 236 Å². The molecule has 210 valence electrons. The van der Waals surface area contributed by atoms with Gasteiger partial charge in [-0.25, -0.2) is 4.98 Å². The standard InChI is InChI=1S/C33H50N2O2S/c1-29(2)15-16-33(20-37-28(38)35-18-17-34-21-35)14-9-23-22(24(33)19-29)7-8-26-31(23,5)12-10-25-30(3,4)27(36)11-13-32(25,26)6/h7,17-18,21,23-27,36H,8-16,19-20H2,1-6H3/t23-,24+,25+,26+,27+,31+,32+,33+/m1/s1. The molecule has 0 aromatic carbocycles. The van der Waals surface area contributed by atoms with Crippen LogP contribution in [0.4, 0.5) is 0 Å². The largest absolute Gasteiger partial charge is 0.470 e. The molecule has 1 N–H and O–H groups in total. The molecule has 0 radical (unpaired) electrons. The van der Waals surface area contributed by atoms with E-state index in [0.717, 1.165) is 13.0 Å². The van der Waals surface area contributed by atoms with Crippen LogP contribution in [0.1, 0.15) is 106 Å². The number of fused-ring (bicyclic) bond motifs is 7. The Morgan fingerprint density at radius 1 is 0.974 bits per heavy atom. The summed E-state index contributed by atoms with van der Waals surface area (Å²) in [5.41, 5.74) is 3.01. The molecule has 1 heterocycles. The molecule has 5 aliphatic rings. The lowest BCUT2D eigenvalue weighted by molar-refractivity contribution is -0.186. The minimum atomic E-state index is -0.159. The van der Waals surface area contributed by atoms with Crippen LogP contribution in [-0.4, -0.2) is 32.5 Å². The monoisotopic (exact) mass is 538 g/mol. The first-order valence-electron chi connectivity index (χ1n) is 15.4. The van der Waals surface area contributed by atoms with Gasteiger partial charge in [0.05, 0.1) is 12.7 Å². The Hall–Kier alpha value is -1.20. The van der Waals surface area contributed by atoms with Gasteiger partial charge in [-0.15, -0.1) is 0 Å². The van der Waals surface area contributed by atoms with Crippen LogP contribution in [0.3, 0.4) is 0 Å². The first-order chi connectivity index (χ1) is 17.8. The van der Waals surface area contributed by atoms with Crippen molar-refractivity contribution in [1.82, 2.24) is 9.55 Å². The van der Waals surface area contributed by atoms with Crippen LogP contribution in [0.5, 0.6) is 0 Å². The summed E-state index contributed by atoms with van der Waals surface area (Å²) in [7, 11) is 0. The van der Waals surface area contributed by atoms with Gasteiger partial charge in [-0.05, 0) is 122 Å². The highest BCUT2D eigenvalue weighted by molar-refractivity contribution is 7.80. The number of imidazole rings is 1. The molecule has 0 bridgehead atoms. The van der Waals surface area contributed by atoms with Crippen LogP contribution in [0.25, 0.3) is 0 Å². The molecule has 0 aliphatic heterocycles. The number of aliphatic hydroxyl groups excluding tert-OH is 1. The van der Waals surface area contributed by atoms with Gasteiger partial charge in [0.1, 0.15) is 6.33 Å². The maximum Gasteiger partial charge on any atom is 0.268 e. The van der Waals surface area contributed by atoms with E-state index in [0.29, 0.717) is 45.1 Å². The van der Waals surface area contributed by atoms with Gasteiger partial charge in [0.25, 0.3) is 5.17 Å². The number of thiocarbonyl (C=S) groups is 1. The summed E-state index contributed by atoms with van der Waals surface area (Å²) in [5, 5.41) is 11.5. The fraction of sp³-hybridized carbons (Fsp3) is 0.818. The summed E-state index contributed by atoms with van der Waals surface area (Å²) in [6.07, 6.45) is 20.2. The first kappa shape index (κ1) is 27.0. The highest BCUT2D eigenvalue weighted by Crippen LogP contribution is 2.72. The average Bonchev–Trinajstić information content (AvgIpc) is 3.40. The smallest absolute Gasteiger partial charge is 0.268 e. The summed E-state index contributed by atoms with van der Waals surface area (Å²) in [6.45, 7) is 15.6. The van der Waals surface area contributed by atoms with Gasteiger partial charge in [0, 0.05) is 17.8 Å². The quantitative estimate of drug-likeness (QED) is 0.308. The molecule has 0 saturated heterocycles. The van der Waals surface area contributed by atoms with E-state index in [4.69, 9.17) is 17.0 Å². The van der Waals surface area contributed by atoms with Crippen LogP contribution < -0.4 is 0 Å². The first-order valence-corrected chi connectivity index (χ1v) is 15.8. The van der Waals surface area contributed by atoms with Crippen molar-refractivity contribution in [1.29, 1.82) is 0 Å². The summed E-state index contributed by atoms with van der Waals surface area (Å²) in [4.78, 5) is 4.16. The molecule has 8 atom stereocenters. The van der Waals surface area contributed by atoms with Crippen LogP contribution >= 0.6 is 12.2 Å². The Morgan fingerprint density at radius 3 is 2.47 bits per heavy atom. The van der Waals surface area contributed by atoms with E-state index in [1.165, 1.54) is 57.8 Å². The minimum Gasteiger partial charge on any atom is -0.470 e. The SMILES string of the molecule is CC1(C)CC[C@]2(COC(=S)n3ccnc3)CC[C@@H]3C(=CC[C@H]4[C@@]3(C)CC[C@H]3C(C)(C)[C@@H](O)CC[C@]43C)[C@@H]2C1. The van der Waals surface area contributed by atoms with Crippen molar-refractivity contribution in [2.45, 2.75) is 112 Å². The average molecular weight is 539 g/mol. The highest BCUT2D eigenvalue weighted by atomic mass is 32.1. The second-order valence-electron chi connectivity index (χ2n) is 15.9. The zero-order valence-corrected chi connectivity index (χ0v) is 25.4. The highest BCUT2D eigenvalue weighted by Gasteiger charge is 2.64. The number of nitrogens with zero attached hydrogens (tertiary/aromatic N) is 2. The number of aliphatic hydroxyl groups is 1. The lowest BCUT2D eigenvalue weighted by Gasteiger charge is -2.68. The number of hydrogen-bond acceptors (Lipinski definition) is 4. The Bertz CT molecular complexity index is 1110. The molecule has 6 rings (SSSR count). The van der Waals surface area contributed by atoms with E-state index in [1.54, 1.807) is 18.1 Å². The molecule has 0 amide bonds. The van der Waals surface area contributed by atoms with Gasteiger partial charge in [0.2, 0.25) is 0 Å². The molecule has 0 unspecified atom stereocenters. The molecular weight excluding hydrogens is 488 g/mol. The van der Waals surface area contributed by atoms with Gasteiger partial charge in [-0.2, -0.15) is 0 Å². The van der Waals surface area contributed by atoms with Gasteiger partial charge in [-0.3, -0.25) is 4.57 Å². The summed E-state index contributed by atoms with van der Waals surface area (Å²) in [5.74, 6) is 2.59. The number of rotatable bonds is 2. The molecule has 4 saturated carbocycles. The fourth-order valence-electron chi connectivity index (χ4n) is 10.9. The second-order valence-corrected chi connectivity index (χ2v) is 16.2. The van der Waals surface area contributed by atoms with E-state index in [1.807, 2.05) is 10.8 Å². The molecular formula is C33H50N2O2S. The third kappa shape index (κ3) is 3.91. The lowest BCUT2D eigenvalue weighted by atomic mass is 9.37. The van der Waals surface area contributed by atoms with E-state index in [-0.39, 0.29) is 16.9 Å². The summed E-state index contributed by atoms with van der Waals surface area (Å²) in [6, 6.07) is 0. The topological polar surface area (TPSA) is 47.3 Å². The molecule has 0 spiro atoms. The van der Waals surface area contributed by atoms with Crippen molar-refractivity contribution in [2.75, 3.05) is 6.61 Å². The third-order valence-corrected chi connectivity index (χ3v) is 13.5. The van der Waals surface area contributed by atoms with Gasteiger partial charge in [-0.1, -0.05) is 53.2 Å². The summed E-state index contributed by atoms with van der Waals surface area (Å²) < 4.78 is 8.21. The van der Waals surface area contributed by atoms with Gasteiger partial charge in [0.15, 0.2) is 0 Å². The zero-order valence-electron chi connectivity index (χ0n) is 24.6. The van der Waals surface area contributed by atoms with Crippen molar-refractivity contribution >= 4 is 17.4 Å². The lowest BCUT2D eigenvalue weighted by Crippen LogP contribution is -2.62. The van der Waals surface area contributed by atoms with Crippen molar-refractivity contribution in [3.63, 3.8) is 0 Å². The predicted molar refractivity (Wildman–Crippen MR) is 157 cm³/mol. The molecule has 4 fully saturated rings. The van der Waals surface area contributed by atoms with E-state index >= 15 is 0 Å². The summed E-state index contributed by atoms with van der Waals surface area (Å²) >= 11 is 5.65. The van der Waals surface area contributed by atoms with Crippen molar-refractivity contribution in [3.8, 4) is 0 Å². The van der Waals surface area contributed by atoms with Crippen molar-refractivity contribution in [2.24, 2.45) is 50.7 Å². The zero-order chi connectivity index (χ0) is 27.1. The van der Waals surface area contributed by atoms with Crippen LogP contribution in [0.2, 0.25) is 0 Å². The second kappa shape index (κ2) is 8.90. The van der Waals surface area contributed by atoms with Gasteiger partial charge < -0.3 is 9.84 Å². The Balaban J connectivity index is 1.32. The maximum absolute atomic E-state index is 11.0. The number of ether oxygens (including phenoxy) is 1. The van der Waals surface area contributed by atoms with Crippen LogP contribution in [0, 0.1) is 50.7 Å². The number of hydrogen-bond donors (Lipinski definition) is 1. The molecule has 1 aromatic rings. The van der Waals surface area contributed by atoms with Crippen molar-refractivity contribution < 1.29 is 9.84 Å². The molecule has 38 heavy (non-hydrogen) atoms. The van der Waals surface area contributed by atoms with Crippen LogP contribution in [0.15, 0.2) is 30.4 Å². The number of aromatic nitrogens is 2. The molecule has 1 aromatic heterocycles. The predicted octanol–water partition coefficient (Wildman–Crippen LogP) is 7.81.